The van der Waals surface area contributed by atoms with Gasteiger partial charge in [-0.05, 0) is 47.3 Å². The summed E-state index contributed by atoms with van der Waals surface area (Å²) in [7, 11) is 0. The molecule has 0 amide bonds. The average Bonchev–Trinajstić information content (AvgIpc) is 2.53. The van der Waals surface area contributed by atoms with Crippen LogP contribution in [0.3, 0.4) is 0 Å². The maximum absolute atomic E-state index is 13.5. The van der Waals surface area contributed by atoms with Crippen LogP contribution in [0.15, 0.2) is 18.2 Å². The average molecular weight is 496 g/mol. The lowest BCUT2D eigenvalue weighted by atomic mass is 9.68. The van der Waals surface area contributed by atoms with Gasteiger partial charge in [0.1, 0.15) is 0 Å². The minimum atomic E-state index is -6.30. The van der Waals surface area contributed by atoms with E-state index in [9.17, 15) is 49.7 Å². The second-order valence-corrected chi connectivity index (χ2v) is 10.8. The molecule has 0 saturated heterocycles. The predicted molar refractivity (Wildman–Crippen MR) is 104 cm³/mol. The number of benzene rings is 1. The number of halogens is 9. The molecule has 2 unspecified atom stereocenters. The van der Waals surface area contributed by atoms with Gasteiger partial charge in [-0.3, -0.25) is 0 Å². The number of alkyl halides is 9. The summed E-state index contributed by atoms with van der Waals surface area (Å²) in [5.74, 6) is -0.814. The molecule has 0 radical (unpaired) electrons. The SMILES string of the molecule is CC(C)(C)CC(c1cc(C(C)(O)C(F)(F)F)cc(C(O)(C(F)(F)F)C(F)(F)F)c1)C(C)(C)C. The monoisotopic (exact) mass is 496 g/mol. The summed E-state index contributed by atoms with van der Waals surface area (Å²) in [5.41, 5.74) is -13.9. The molecular weight excluding hydrogens is 467 g/mol. The van der Waals surface area contributed by atoms with Gasteiger partial charge in [0, 0.05) is 5.56 Å². The Kier molecular flexibility index (Phi) is 7.45. The molecule has 0 fully saturated rings. The van der Waals surface area contributed by atoms with E-state index in [-0.39, 0.29) is 25.0 Å². The summed E-state index contributed by atoms with van der Waals surface area (Å²) < 4.78 is 122. The van der Waals surface area contributed by atoms with Crippen LogP contribution in [0.2, 0.25) is 0 Å². The van der Waals surface area contributed by atoms with Gasteiger partial charge in [0.05, 0.1) is 0 Å². The minimum Gasteiger partial charge on any atom is -0.376 e. The molecule has 0 spiro atoms. The first kappa shape index (κ1) is 29.5. The van der Waals surface area contributed by atoms with Crippen molar-refractivity contribution in [3.05, 3.63) is 34.9 Å². The molecule has 0 aliphatic carbocycles. The fourth-order valence-electron chi connectivity index (χ4n) is 3.53. The van der Waals surface area contributed by atoms with Crippen LogP contribution < -0.4 is 0 Å². The van der Waals surface area contributed by atoms with Gasteiger partial charge in [0.2, 0.25) is 0 Å². The van der Waals surface area contributed by atoms with E-state index in [1.54, 1.807) is 41.5 Å². The van der Waals surface area contributed by atoms with Crippen LogP contribution in [0, 0.1) is 10.8 Å². The molecule has 1 aromatic carbocycles. The number of hydrogen-bond acceptors (Lipinski definition) is 2. The maximum Gasteiger partial charge on any atom is 0.430 e. The van der Waals surface area contributed by atoms with E-state index < -0.39 is 57.6 Å². The fraction of sp³-hybridized carbons (Fsp3) is 0.727. The van der Waals surface area contributed by atoms with Gasteiger partial charge in [0.25, 0.3) is 5.60 Å². The van der Waals surface area contributed by atoms with Gasteiger partial charge in [-0.1, -0.05) is 53.7 Å². The Balaban J connectivity index is 4.14. The lowest BCUT2D eigenvalue weighted by Crippen LogP contribution is -2.54. The molecule has 0 aromatic heterocycles. The zero-order valence-corrected chi connectivity index (χ0v) is 19.3. The Hall–Kier alpha value is -1.49. The third-order valence-electron chi connectivity index (χ3n) is 5.57. The van der Waals surface area contributed by atoms with Crippen molar-refractivity contribution in [1.29, 1.82) is 0 Å². The smallest absolute Gasteiger partial charge is 0.376 e. The highest BCUT2D eigenvalue weighted by Crippen LogP contribution is 2.53. The summed E-state index contributed by atoms with van der Waals surface area (Å²) in [6.07, 6.45) is -17.8. The molecule has 2 nitrogen and oxygen atoms in total. The lowest BCUT2D eigenvalue weighted by Gasteiger charge is -2.39. The largest absolute Gasteiger partial charge is 0.430 e. The van der Waals surface area contributed by atoms with Gasteiger partial charge in [-0.25, -0.2) is 0 Å². The van der Waals surface area contributed by atoms with Crippen LogP contribution in [0.1, 0.15) is 77.5 Å². The normalized spacial score (nSPS) is 17.6. The van der Waals surface area contributed by atoms with E-state index in [1.807, 2.05) is 0 Å². The van der Waals surface area contributed by atoms with E-state index in [2.05, 4.69) is 0 Å². The Morgan fingerprint density at radius 1 is 0.636 bits per heavy atom. The van der Waals surface area contributed by atoms with Crippen LogP contribution in [0.4, 0.5) is 39.5 Å². The van der Waals surface area contributed by atoms with Crippen molar-refractivity contribution in [2.24, 2.45) is 10.8 Å². The molecular formula is C22H29F9O2. The molecule has 192 valence electrons. The molecule has 0 aliphatic heterocycles. The molecule has 1 aromatic rings. The first-order valence-electron chi connectivity index (χ1n) is 9.97. The summed E-state index contributed by atoms with van der Waals surface area (Å²) in [6.45, 7) is 10.4. The van der Waals surface area contributed by atoms with Crippen molar-refractivity contribution in [3.8, 4) is 0 Å². The predicted octanol–water partition coefficient (Wildman–Crippen LogP) is 7.33. The first-order valence-corrected chi connectivity index (χ1v) is 9.97. The van der Waals surface area contributed by atoms with Gasteiger partial charge in [-0.15, -0.1) is 0 Å². The second kappa shape index (κ2) is 8.32. The molecule has 2 atom stereocenters. The third kappa shape index (κ3) is 5.96. The van der Waals surface area contributed by atoms with E-state index in [0.29, 0.717) is 6.07 Å². The topological polar surface area (TPSA) is 40.5 Å². The quantitative estimate of drug-likeness (QED) is 0.429. The highest BCUT2D eigenvalue weighted by molar-refractivity contribution is 5.41. The van der Waals surface area contributed by atoms with E-state index in [1.165, 1.54) is 0 Å². The van der Waals surface area contributed by atoms with Crippen molar-refractivity contribution in [1.82, 2.24) is 0 Å². The van der Waals surface area contributed by atoms with Crippen molar-refractivity contribution >= 4 is 0 Å². The van der Waals surface area contributed by atoms with Gasteiger partial charge >= 0.3 is 18.5 Å². The Bertz CT molecular complexity index is 822. The fourth-order valence-corrected chi connectivity index (χ4v) is 3.53. The summed E-state index contributed by atoms with van der Waals surface area (Å²) >= 11 is 0. The van der Waals surface area contributed by atoms with Crippen LogP contribution >= 0.6 is 0 Å². The van der Waals surface area contributed by atoms with Gasteiger partial charge in [-0.2, -0.15) is 39.5 Å². The summed E-state index contributed by atoms with van der Waals surface area (Å²) in [6, 6.07) is 1.10. The Morgan fingerprint density at radius 3 is 1.33 bits per heavy atom. The van der Waals surface area contributed by atoms with Gasteiger partial charge < -0.3 is 10.2 Å². The second-order valence-electron chi connectivity index (χ2n) is 10.8. The molecule has 33 heavy (non-hydrogen) atoms. The van der Waals surface area contributed by atoms with E-state index in [4.69, 9.17) is 0 Å². The number of aliphatic hydroxyl groups is 2. The van der Waals surface area contributed by atoms with Gasteiger partial charge in [0.15, 0.2) is 5.60 Å². The van der Waals surface area contributed by atoms with Crippen LogP contribution in [0.25, 0.3) is 0 Å². The number of hydrogen-bond donors (Lipinski definition) is 2. The molecule has 1 rings (SSSR count). The molecule has 0 heterocycles. The third-order valence-corrected chi connectivity index (χ3v) is 5.57. The zero-order valence-electron chi connectivity index (χ0n) is 19.3. The van der Waals surface area contributed by atoms with Crippen LogP contribution in [-0.2, 0) is 11.2 Å². The first-order chi connectivity index (χ1) is 14.2. The molecule has 0 saturated carbocycles. The van der Waals surface area contributed by atoms with Crippen molar-refractivity contribution in [3.63, 3.8) is 0 Å². The van der Waals surface area contributed by atoms with Crippen LogP contribution in [-0.4, -0.2) is 28.7 Å². The zero-order chi connectivity index (χ0) is 26.6. The van der Waals surface area contributed by atoms with E-state index >= 15 is 0 Å². The maximum atomic E-state index is 13.5. The molecule has 11 heteroatoms. The highest BCUT2D eigenvalue weighted by atomic mass is 19.4. The number of rotatable bonds is 4. The Labute approximate surface area is 186 Å². The minimum absolute atomic E-state index is 0.0885. The molecule has 0 bridgehead atoms. The van der Waals surface area contributed by atoms with Crippen molar-refractivity contribution in [2.75, 3.05) is 0 Å². The molecule has 2 N–H and O–H groups in total. The van der Waals surface area contributed by atoms with Crippen molar-refractivity contribution < 1.29 is 49.7 Å². The summed E-state index contributed by atoms with van der Waals surface area (Å²) in [5, 5.41) is 20.0. The van der Waals surface area contributed by atoms with E-state index in [0.717, 1.165) is 6.07 Å². The standard InChI is InChI=1S/C22H29F9O2/c1-16(2,3)11-15(17(4,5)6)12-8-13(18(7,32)20(23,24)25)10-14(9-12)19(33,21(26,27)28)22(29,30)31/h8-10,15,32-33H,11H2,1-7H3. The highest BCUT2D eigenvalue weighted by Gasteiger charge is 2.71. The van der Waals surface area contributed by atoms with Crippen LogP contribution in [0.5, 0.6) is 0 Å². The molecule has 0 aliphatic rings. The lowest BCUT2D eigenvalue weighted by molar-refractivity contribution is -0.376. The van der Waals surface area contributed by atoms with Crippen molar-refractivity contribution in [2.45, 2.75) is 90.5 Å². The summed E-state index contributed by atoms with van der Waals surface area (Å²) in [4.78, 5) is 0. The Morgan fingerprint density at radius 2 is 1.03 bits per heavy atom.